The van der Waals surface area contributed by atoms with Gasteiger partial charge in [-0.25, -0.2) is 0 Å². The zero-order valence-corrected chi connectivity index (χ0v) is 13.6. The van der Waals surface area contributed by atoms with Crippen LogP contribution in [0.3, 0.4) is 0 Å². The van der Waals surface area contributed by atoms with Gasteiger partial charge in [0.2, 0.25) is 5.91 Å². The number of carbonyl (C=O) groups is 2. The average Bonchev–Trinajstić information content (AvgIpc) is 2.62. The average molecular weight is 327 g/mol. The molecular formula is C19H21NO4. The highest BCUT2D eigenvalue weighted by Gasteiger charge is 2.18. The molecule has 24 heavy (non-hydrogen) atoms. The number of carbonyl (C=O) groups excluding carboxylic acids is 2. The van der Waals surface area contributed by atoms with E-state index in [0.29, 0.717) is 0 Å². The van der Waals surface area contributed by atoms with Crippen molar-refractivity contribution in [3.8, 4) is 5.75 Å². The fourth-order valence-corrected chi connectivity index (χ4v) is 2.23. The van der Waals surface area contributed by atoms with E-state index in [1.54, 1.807) is 0 Å². The lowest BCUT2D eigenvalue weighted by atomic mass is 10.0. The van der Waals surface area contributed by atoms with Crippen molar-refractivity contribution < 1.29 is 19.1 Å². The van der Waals surface area contributed by atoms with Crippen molar-refractivity contribution in [2.45, 2.75) is 18.9 Å². The number of rotatable bonds is 8. The van der Waals surface area contributed by atoms with Gasteiger partial charge >= 0.3 is 5.97 Å². The summed E-state index contributed by atoms with van der Waals surface area (Å²) in [6.07, 6.45) is 0.297. The van der Waals surface area contributed by atoms with Crippen LogP contribution in [0, 0.1) is 0 Å². The Labute approximate surface area is 141 Å². The van der Waals surface area contributed by atoms with Crippen LogP contribution in [0.25, 0.3) is 0 Å². The number of methoxy groups -OCH3 is 1. The van der Waals surface area contributed by atoms with Crippen molar-refractivity contribution in [3.05, 3.63) is 66.2 Å². The third-order valence-corrected chi connectivity index (χ3v) is 3.48. The molecule has 0 aliphatic rings. The maximum Gasteiger partial charge on any atom is 0.307 e. The Kier molecular flexibility index (Phi) is 6.83. The fraction of sp³-hybridized carbons (Fsp3) is 0.263. The lowest BCUT2D eigenvalue weighted by Crippen LogP contribution is -2.31. The molecular weight excluding hydrogens is 306 g/mol. The Hall–Kier alpha value is -2.82. The number of hydrogen-bond acceptors (Lipinski definition) is 4. The quantitative estimate of drug-likeness (QED) is 0.757. The predicted molar refractivity (Wildman–Crippen MR) is 90.5 cm³/mol. The van der Waals surface area contributed by atoms with Crippen LogP contribution in [0.5, 0.6) is 5.75 Å². The van der Waals surface area contributed by atoms with Crippen LogP contribution in [0.2, 0.25) is 0 Å². The van der Waals surface area contributed by atoms with Crippen molar-refractivity contribution in [3.63, 3.8) is 0 Å². The van der Waals surface area contributed by atoms with Crippen LogP contribution in [0.15, 0.2) is 60.7 Å². The van der Waals surface area contributed by atoms with E-state index in [1.807, 2.05) is 60.7 Å². The van der Waals surface area contributed by atoms with Crippen LogP contribution < -0.4 is 10.1 Å². The molecule has 5 heteroatoms. The molecule has 0 radical (unpaired) electrons. The molecule has 1 N–H and O–H groups in total. The Morgan fingerprint density at radius 1 is 1.00 bits per heavy atom. The van der Waals surface area contributed by atoms with Crippen LogP contribution in [-0.4, -0.2) is 25.6 Å². The van der Waals surface area contributed by atoms with Gasteiger partial charge in [0.15, 0.2) is 0 Å². The minimum Gasteiger partial charge on any atom is -0.493 e. The maximum absolute atomic E-state index is 12.1. The van der Waals surface area contributed by atoms with E-state index in [4.69, 9.17) is 9.47 Å². The van der Waals surface area contributed by atoms with Gasteiger partial charge in [0.05, 0.1) is 32.6 Å². The highest BCUT2D eigenvalue weighted by atomic mass is 16.5. The van der Waals surface area contributed by atoms with Gasteiger partial charge in [-0.1, -0.05) is 48.5 Å². The lowest BCUT2D eigenvalue weighted by Gasteiger charge is -2.18. The van der Waals surface area contributed by atoms with E-state index in [2.05, 4.69) is 5.32 Å². The van der Waals surface area contributed by atoms with Gasteiger partial charge in [0.25, 0.3) is 0 Å². The van der Waals surface area contributed by atoms with Crippen molar-refractivity contribution in [2.75, 3.05) is 13.7 Å². The number of para-hydroxylation sites is 1. The number of amides is 1. The van der Waals surface area contributed by atoms with Crippen LogP contribution in [-0.2, 0) is 14.3 Å². The molecule has 0 aromatic heterocycles. The van der Waals surface area contributed by atoms with Crippen molar-refractivity contribution in [1.82, 2.24) is 5.32 Å². The summed E-state index contributed by atoms with van der Waals surface area (Å²) in [5, 5.41) is 2.87. The molecule has 5 nitrogen and oxygen atoms in total. The summed E-state index contributed by atoms with van der Waals surface area (Å²) < 4.78 is 10.2. The molecule has 126 valence electrons. The molecule has 1 amide bonds. The number of nitrogens with one attached hydrogen (secondary N) is 1. The molecule has 0 bridgehead atoms. The van der Waals surface area contributed by atoms with Crippen LogP contribution in [0.4, 0.5) is 0 Å². The predicted octanol–water partition coefficient (Wildman–Crippen LogP) is 2.88. The highest BCUT2D eigenvalue weighted by molar-refractivity contribution is 5.78. The van der Waals surface area contributed by atoms with Crippen molar-refractivity contribution in [2.24, 2.45) is 0 Å². The van der Waals surface area contributed by atoms with E-state index in [1.165, 1.54) is 7.11 Å². The largest absolute Gasteiger partial charge is 0.493 e. The van der Waals surface area contributed by atoms with Crippen LogP contribution >= 0.6 is 0 Å². The standard InChI is InChI=1S/C19H21NO4/c1-23-19(22)14-17(15-8-4-2-5-9-15)20-18(21)12-13-24-16-10-6-3-7-11-16/h2-11,17H,12-14H2,1H3,(H,20,21)/t17-/m1/s1. The van der Waals surface area contributed by atoms with E-state index >= 15 is 0 Å². The first-order valence-electron chi connectivity index (χ1n) is 7.78. The van der Waals surface area contributed by atoms with Crippen molar-refractivity contribution >= 4 is 11.9 Å². The second kappa shape index (κ2) is 9.35. The number of hydrogen-bond donors (Lipinski definition) is 1. The highest BCUT2D eigenvalue weighted by Crippen LogP contribution is 2.17. The Morgan fingerprint density at radius 2 is 1.62 bits per heavy atom. The first kappa shape index (κ1) is 17.5. The third-order valence-electron chi connectivity index (χ3n) is 3.48. The SMILES string of the molecule is COC(=O)C[C@@H](NC(=O)CCOc1ccccc1)c1ccccc1. The summed E-state index contributed by atoms with van der Waals surface area (Å²) in [7, 11) is 1.33. The Morgan fingerprint density at radius 3 is 2.25 bits per heavy atom. The summed E-state index contributed by atoms with van der Waals surface area (Å²) in [6, 6.07) is 18.3. The molecule has 0 heterocycles. The third kappa shape index (κ3) is 5.76. The molecule has 0 saturated carbocycles. The molecule has 0 aliphatic heterocycles. The second-order valence-corrected chi connectivity index (χ2v) is 5.22. The monoisotopic (exact) mass is 327 g/mol. The molecule has 0 fully saturated rings. The minimum absolute atomic E-state index is 0.0891. The molecule has 2 rings (SSSR count). The van der Waals surface area contributed by atoms with Gasteiger partial charge in [-0.15, -0.1) is 0 Å². The summed E-state index contributed by atoms with van der Waals surface area (Å²) >= 11 is 0. The summed E-state index contributed by atoms with van der Waals surface area (Å²) in [6.45, 7) is 0.273. The lowest BCUT2D eigenvalue weighted by molar-refractivity contribution is -0.141. The van der Waals surface area contributed by atoms with Gasteiger partial charge < -0.3 is 14.8 Å². The summed E-state index contributed by atoms with van der Waals surface area (Å²) in [4.78, 5) is 23.7. The van der Waals surface area contributed by atoms with Gasteiger partial charge in [0, 0.05) is 0 Å². The van der Waals surface area contributed by atoms with Gasteiger partial charge in [-0.3, -0.25) is 9.59 Å². The Bertz CT molecular complexity index is 643. The van der Waals surface area contributed by atoms with E-state index in [-0.39, 0.29) is 31.3 Å². The normalized spacial score (nSPS) is 11.4. The molecule has 0 spiro atoms. The molecule has 0 unspecified atom stereocenters. The molecule has 2 aromatic carbocycles. The van der Waals surface area contributed by atoms with E-state index in [9.17, 15) is 9.59 Å². The second-order valence-electron chi connectivity index (χ2n) is 5.22. The number of ether oxygens (including phenoxy) is 2. The first-order chi connectivity index (χ1) is 11.7. The molecule has 0 saturated heterocycles. The molecule has 2 aromatic rings. The minimum atomic E-state index is -0.414. The van der Waals surface area contributed by atoms with E-state index in [0.717, 1.165) is 11.3 Å². The van der Waals surface area contributed by atoms with Crippen LogP contribution in [0.1, 0.15) is 24.4 Å². The smallest absolute Gasteiger partial charge is 0.307 e. The number of benzene rings is 2. The maximum atomic E-state index is 12.1. The van der Waals surface area contributed by atoms with E-state index < -0.39 is 6.04 Å². The summed E-state index contributed by atoms with van der Waals surface area (Å²) in [5.41, 5.74) is 0.861. The molecule has 1 atom stereocenters. The Balaban J connectivity index is 1.88. The first-order valence-corrected chi connectivity index (χ1v) is 7.78. The van der Waals surface area contributed by atoms with Gasteiger partial charge in [0.1, 0.15) is 5.75 Å². The zero-order valence-electron chi connectivity index (χ0n) is 13.6. The zero-order chi connectivity index (χ0) is 17.2. The molecule has 0 aliphatic carbocycles. The summed E-state index contributed by atoms with van der Waals surface area (Å²) in [5.74, 6) is 0.174. The van der Waals surface area contributed by atoms with Gasteiger partial charge in [-0.2, -0.15) is 0 Å². The van der Waals surface area contributed by atoms with Crippen molar-refractivity contribution in [1.29, 1.82) is 0 Å². The van der Waals surface area contributed by atoms with Gasteiger partial charge in [-0.05, 0) is 17.7 Å². The topological polar surface area (TPSA) is 64.6 Å². The number of esters is 1. The fourth-order valence-electron chi connectivity index (χ4n) is 2.23.